The van der Waals surface area contributed by atoms with Gasteiger partial charge < -0.3 is 15.7 Å². The van der Waals surface area contributed by atoms with Crippen molar-refractivity contribution in [1.82, 2.24) is 4.90 Å². The van der Waals surface area contributed by atoms with E-state index < -0.39 is 5.97 Å². The molecule has 5 heteroatoms. The summed E-state index contributed by atoms with van der Waals surface area (Å²) in [5, 5.41) is 9.13. The average molecular weight is 254 g/mol. The minimum absolute atomic E-state index is 0.0599. The third-order valence-electron chi connectivity index (χ3n) is 4.19. The highest BCUT2D eigenvalue weighted by molar-refractivity contribution is 5.80. The van der Waals surface area contributed by atoms with Crippen molar-refractivity contribution in [2.45, 2.75) is 63.6 Å². The van der Waals surface area contributed by atoms with Crippen LogP contribution in [-0.4, -0.2) is 40.0 Å². The van der Waals surface area contributed by atoms with E-state index >= 15 is 0 Å². The summed E-state index contributed by atoms with van der Waals surface area (Å²) >= 11 is 0. The standard InChI is InChI=1S/C13H22N2O3/c1-8(14)3-2-4-12(16)15-9-5-6-11(15)10(7-9)13(17)18/h8-11H,2-7,14H2,1H3,(H,17,18). The molecule has 0 aromatic heterocycles. The summed E-state index contributed by atoms with van der Waals surface area (Å²) in [6, 6.07) is 0.231. The van der Waals surface area contributed by atoms with Crippen molar-refractivity contribution in [3.8, 4) is 0 Å². The van der Waals surface area contributed by atoms with Gasteiger partial charge in [-0.15, -0.1) is 0 Å². The van der Waals surface area contributed by atoms with E-state index in [1.165, 1.54) is 0 Å². The van der Waals surface area contributed by atoms with Crippen LogP contribution in [0.25, 0.3) is 0 Å². The van der Waals surface area contributed by atoms with Gasteiger partial charge in [-0.05, 0) is 39.0 Å². The number of carbonyl (C=O) groups excluding carboxylic acids is 1. The molecule has 2 heterocycles. The average Bonchev–Trinajstić information content (AvgIpc) is 2.85. The summed E-state index contributed by atoms with van der Waals surface area (Å²) in [6.45, 7) is 1.94. The van der Waals surface area contributed by atoms with Crippen molar-refractivity contribution >= 4 is 11.9 Å². The summed E-state index contributed by atoms with van der Waals surface area (Å²) in [7, 11) is 0. The molecule has 2 aliphatic rings. The van der Waals surface area contributed by atoms with Crippen LogP contribution in [0.2, 0.25) is 0 Å². The fraction of sp³-hybridized carbons (Fsp3) is 0.846. The molecule has 5 nitrogen and oxygen atoms in total. The lowest BCUT2D eigenvalue weighted by Crippen LogP contribution is -2.37. The SMILES string of the molecule is CC(N)CCCC(=O)N1C2CCC1C(C(=O)O)C2. The number of rotatable bonds is 5. The monoisotopic (exact) mass is 254 g/mol. The third-order valence-corrected chi connectivity index (χ3v) is 4.19. The Balaban J connectivity index is 1.90. The Morgan fingerprint density at radius 1 is 1.44 bits per heavy atom. The molecule has 2 rings (SSSR count). The molecule has 0 aliphatic carbocycles. The van der Waals surface area contributed by atoms with Crippen LogP contribution in [-0.2, 0) is 9.59 Å². The third kappa shape index (κ3) is 2.51. The number of hydrogen-bond donors (Lipinski definition) is 2. The molecule has 102 valence electrons. The van der Waals surface area contributed by atoms with Crippen LogP contribution in [0.3, 0.4) is 0 Å². The number of fused-ring (bicyclic) bond motifs is 2. The first-order chi connectivity index (χ1) is 8.50. The van der Waals surface area contributed by atoms with Gasteiger partial charge in [-0.3, -0.25) is 9.59 Å². The zero-order chi connectivity index (χ0) is 13.3. The van der Waals surface area contributed by atoms with Crippen LogP contribution in [0.1, 0.15) is 45.4 Å². The molecular weight excluding hydrogens is 232 g/mol. The Bertz CT molecular complexity index is 343. The van der Waals surface area contributed by atoms with E-state index in [2.05, 4.69) is 0 Å². The Morgan fingerprint density at radius 3 is 2.72 bits per heavy atom. The van der Waals surface area contributed by atoms with Crippen molar-refractivity contribution in [2.24, 2.45) is 11.7 Å². The van der Waals surface area contributed by atoms with Gasteiger partial charge in [0.2, 0.25) is 5.91 Å². The smallest absolute Gasteiger partial charge is 0.308 e. The minimum atomic E-state index is -0.754. The molecule has 0 radical (unpaired) electrons. The zero-order valence-corrected chi connectivity index (χ0v) is 10.8. The molecule has 2 aliphatic heterocycles. The second kappa shape index (κ2) is 5.26. The number of carbonyl (C=O) groups is 2. The number of aliphatic carboxylic acids is 1. The fourth-order valence-electron chi connectivity index (χ4n) is 3.35. The minimum Gasteiger partial charge on any atom is -0.481 e. The first-order valence-electron chi connectivity index (χ1n) is 6.80. The summed E-state index contributed by atoms with van der Waals surface area (Å²) in [6.07, 6.45) is 4.59. The molecule has 3 N–H and O–H groups in total. The lowest BCUT2D eigenvalue weighted by molar-refractivity contribution is -0.143. The van der Waals surface area contributed by atoms with E-state index in [9.17, 15) is 9.59 Å². The van der Waals surface area contributed by atoms with Gasteiger partial charge in [-0.25, -0.2) is 0 Å². The first kappa shape index (κ1) is 13.3. The second-order valence-electron chi connectivity index (χ2n) is 5.65. The van der Waals surface area contributed by atoms with E-state index in [0.29, 0.717) is 12.8 Å². The Hall–Kier alpha value is -1.10. The molecular formula is C13H22N2O3. The van der Waals surface area contributed by atoms with Crippen molar-refractivity contribution in [2.75, 3.05) is 0 Å². The molecule has 18 heavy (non-hydrogen) atoms. The molecule has 0 aromatic carbocycles. The summed E-state index contributed by atoms with van der Waals surface area (Å²) < 4.78 is 0. The van der Waals surface area contributed by atoms with Gasteiger partial charge in [0.15, 0.2) is 0 Å². The molecule has 2 bridgehead atoms. The Kier molecular flexibility index (Phi) is 3.90. The van der Waals surface area contributed by atoms with E-state index in [-0.39, 0.29) is 30.0 Å². The van der Waals surface area contributed by atoms with E-state index in [4.69, 9.17) is 10.8 Å². The highest BCUT2D eigenvalue weighted by atomic mass is 16.4. The highest BCUT2D eigenvalue weighted by Gasteiger charge is 2.50. The second-order valence-corrected chi connectivity index (χ2v) is 5.65. The zero-order valence-electron chi connectivity index (χ0n) is 10.8. The predicted octanol–water partition coefficient (Wildman–Crippen LogP) is 0.968. The van der Waals surface area contributed by atoms with Gasteiger partial charge >= 0.3 is 5.97 Å². The Morgan fingerprint density at radius 2 is 2.17 bits per heavy atom. The first-order valence-corrected chi connectivity index (χ1v) is 6.80. The van der Waals surface area contributed by atoms with Crippen molar-refractivity contribution < 1.29 is 14.7 Å². The number of nitrogens with zero attached hydrogens (tertiary/aromatic N) is 1. The molecule has 1 amide bonds. The van der Waals surface area contributed by atoms with Crippen LogP contribution in [0.5, 0.6) is 0 Å². The van der Waals surface area contributed by atoms with Crippen LogP contribution >= 0.6 is 0 Å². The quantitative estimate of drug-likeness (QED) is 0.765. The van der Waals surface area contributed by atoms with Crippen molar-refractivity contribution in [3.05, 3.63) is 0 Å². The van der Waals surface area contributed by atoms with Crippen LogP contribution in [0.4, 0.5) is 0 Å². The van der Waals surface area contributed by atoms with Gasteiger partial charge in [0, 0.05) is 24.5 Å². The van der Waals surface area contributed by atoms with E-state index in [0.717, 1.165) is 25.7 Å². The fourth-order valence-corrected chi connectivity index (χ4v) is 3.35. The van der Waals surface area contributed by atoms with Gasteiger partial charge in [-0.2, -0.15) is 0 Å². The lowest BCUT2D eigenvalue weighted by Gasteiger charge is -2.23. The molecule has 2 fully saturated rings. The van der Waals surface area contributed by atoms with Crippen molar-refractivity contribution in [1.29, 1.82) is 0 Å². The number of carboxylic acid groups (broad SMARTS) is 1. The molecule has 0 aromatic rings. The summed E-state index contributed by atoms with van der Waals surface area (Å²) in [5.74, 6) is -0.983. The van der Waals surface area contributed by atoms with E-state index in [1.54, 1.807) is 0 Å². The Labute approximate surface area is 107 Å². The maximum Gasteiger partial charge on any atom is 0.308 e. The molecule has 0 spiro atoms. The maximum atomic E-state index is 12.1. The van der Waals surface area contributed by atoms with Crippen LogP contribution in [0.15, 0.2) is 0 Å². The molecule has 0 saturated carbocycles. The van der Waals surface area contributed by atoms with Gasteiger partial charge in [0.1, 0.15) is 0 Å². The molecule has 4 unspecified atom stereocenters. The lowest BCUT2D eigenvalue weighted by atomic mass is 9.89. The van der Waals surface area contributed by atoms with Gasteiger partial charge in [0.25, 0.3) is 0 Å². The summed E-state index contributed by atoms with van der Waals surface area (Å²) in [5.41, 5.74) is 5.66. The molecule has 2 saturated heterocycles. The van der Waals surface area contributed by atoms with Crippen LogP contribution < -0.4 is 5.73 Å². The highest BCUT2D eigenvalue weighted by Crippen LogP contribution is 2.42. The molecule has 4 atom stereocenters. The summed E-state index contributed by atoms with van der Waals surface area (Å²) in [4.78, 5) is 25.1. The van der Waals surface area contributed by atoms with E-state index in [1.807, 2.05) is 11.8 Å². The number of nitrogens with two attached hydrogens (primary N) is 1. The van der Waals surface area contributed by atoms with Crippen LogP contribution in [0, 0.1) is 5.92 Å². The predicted molar refractivity (Wildman–Crippen MR) is 66.9 cm³/mol. The van der Waals surface area contributed by atoms with Gasteiger partial charge in [0.05, 0.1) is 5.92 Å². The number of carboxylic acids is 1. The number of amides is 1. The largest absolute Gasteiger partial charge is 0.481 e. The maximum absolute atomic E-state index is 12.1. The van der Waals surface area contributed by atoms with Gasteiger partial charge in [-0.1, -0.05) is 0 Å². The number of hydrogen-bond acceptors (Lipinski definition) is 3. The topological polar surface area (TPSA) is 83.6 Å². The van der Waals surface area contributed by atoms with Crippen molar-refractivity contribution in [3.63, 3.8) is 0 Å². The normalized spacial score (nSPS) is 31.7.